The minimum Gasteiger partial charge on any atom is -0.258 e. The van der Waals surface area contributed by atoms with E-state index >= 15 is 0 Å². The van der Waals surface area contributed by atoms with Crippen LogP contribution in [0.2, 0.25) is 0 Å². The van der Waals surface area contributed by atoms with Gasteiger partial charge in [-0.25, -0.2) is 4.39 Å². The van der Waals surface area contributed by atoms with Crippen LogP contribution in [0, 0.1) is 12.7 Å². The molecule has 78 valence electrons. The van der Waals surface area contributed by atoms with Crippen LogP contribution in [0.25, 0.3) is 10.8 Å². The first-order valence-electron chi connectivity index (χ1n) is 5.14. The van der Waals surface area contributed by atoms with Crippen LogP contribution in [0.1, 0.15) is 31.0 Å². The average Bonchev–Trinajstić information content (AvgIpc) is 2.23. The summed E-state index contributed by atoms with van der Waals surface area (Å²) >= 11 is 0. The zero-order valence-corrected chi connectivity index (χ0v) is 9.21. The van der Waals surface area contributed by atoms with Crippen LogP contribution in [0.4, 0.5) is 4.39 Å². The monoisotopic (exact) mass is 203 g/mol. The van der Waals surface area contributed by atoms with Gasteiger partial charge in [0.05, 0.1) is 6.20 Å². The number of aryl methyl sites for hydroxylation is 1. The predicted molar refractivity (Wildman–Crippen MR) is 60.5 cm³/mol. The Morgan fingerprint density at radius 2 is 1.93 bits per heavy atom. The normalized spacial score (nSPS) is 11.3. The number of hydrogen-bond donors (Lipinski definition) is 0. The van der Waals surface area contributed by atoms with Crippen LogP contribution < -0.4 is 0 Å². The molecule has 0 N–H and O–H groups in total. The molecule has 2 rings (SSSR count). The van der Waals surface area contributed by atoms with Crippen molar-refractivity contribution >= 4 is 10.8 Å². The van der Waals surface area contributed by atoms with Gasteiger partial charge in [-0.15, -0.1) is 0 Å². The van der Waals surface area contributed by atoms with Crippen molar-refractivity contribution in [1.82, 2.24) is 4.98 Å². The molecule has 0 amide bonds. The Labute approximate surface area is 89.0 Å². The molecule has 2 aromatic rings. The quantitative estimate of drug-likeness (QED) is 0.686. The predicted octanol–water partition coefficient (Wildman–Crippen LogP) is 3.81. The van der Waals surface area contributed by atoms with Gasteiger partial charge in [0.1, 0.15) is 5.82 Å². The summed E-state index contributed by atoms with van der Waals surface area (Å²) in [6.07, 6.45) is 1.28. The lowest BCUT2D eigenvalue weighted by molar-refractivity contribution is 0.633. The van der Waals surface area contributed by atoms with Gasteiger partial charge in [-0.1, -0.05) is 26.0 Å². The fraction of sp³-hybridized carbons (Fsp3) is 0.308. The summed E-state index contributed by atoms with van der Waals surface area (Å²) in [5.74, 6) is 0.211. The number of aromatic nitrogens is 1. The average molecular weight is 203 g/mol. The molecular weight excluding hydrogens is 189 g/mol. The Kier molecular flexibility index (Phi) is 2.43. The molecule has 1 aromatic carbocycles. The highest BCUT2D eigenvalue weighted by Crippen LogP contribution is 2.24. The number of fused-ring (bicyclic) bond motifs is 1. The van der Waals surface area contributed by atoms with Crippen LogP contribution >= 0.6 is 0 Å². The van der Waals surface area contributed by atoms with Crippen molar-refractivity contribution in [2.45, 2.75) is 26.7 Å². The molecule has 0 aliphatic carbocycles. The van der Waals surface area contributed by atoms with E-state index in [0.717, 1.165) is 11.1 Å². The maximum Gasteiger partial charge on any atom is 0.149 e. The molecule has 1 heterocycles. The maximum atomic E-state index is 13.4. The number of rotatable bonds is 1. The summed E-state index contributed by atoms with van der Waals surface area (Å²) in [6.45, 7) is 6.17. The van der Waals surface area contributed by atoms with Gasteiger partial charge in [0, 0.05) is 16.5 Å². The van der Waals surface area contributed by atoms with Gasteiger partial charge in [0.15, 0.2) is 0 Å². The van der Waals surface area contributed by atoms with Gasteiger partial charge < -0.3 is 0 Å². The van der Waals surface area contributed by atoms with Crippen LogP contribution in [0.5, 0.6) is 0 Å². The van der Waals surface area contributed by atoms with Gasteiger partial charge in [-0.3, -0.25) is 4.98 Å². The Balaban J connectivity index is 2.76. The van der Waals surface area contributed by atoms with Gasteiger partial charge in [-0.2, -0.15) is 0 Å². The second-order valence-electron chi connectivity index (χ2n) is 4.15. The van der Waals surface area contributed by atoms with Crippen LogP contribution in [0.15, 0.2) is 24.4 Å². The molecule has 0 bridgehead atoms. The number of pyridine rings is 1. The van der Waals surface area contributed by atoms with Crippen LogP contribution in [-0.4, -0.2) is 4.98 Å². The van der Waals surface area contributed by atoms with Gasteiger partial charge in [-0.05, 0) is 24.5 Å². The second kappa shape index (κ2) is 3.61. The third-order valence-corrected chi connectivity index (χ3v) is 2.73. The number of halogens is 1. The third kappa shape index (κ3) is 1.72. The molecule has 0 saturated carbocycles. The summed E-state index contributed by atoms with van der Waals surface area (Å²) in [5, 5.41) is 1.58. The largest absolute Gasteiger partial charge is 0.258 e. The summed E-state index contributed by atoms with van der Waals surface area (Å²) in [4.78, 5) is 4.03. The van der Waals surface area contributed by atoms with E-state index < -0.39 is 0 Å². The molecular formula is C13H14FN. The zero-order valence-electron chi connectivity index (χ0n) is 9.21. The molecule has 0 unspecified atom stereocenters. The number of hydrogen-bond acceptors (Lipinski definition) is 1. The lowest BCUT2D eigenvalue weighted by atomic mass is 9.99. The maximum absolute atomic E-state index is 13.4. The highest BCUT2D eigenvalue weighted by atomic mass is 19.1. The Morgan fingerprint density at radius 1 is 1.20 bits per heavy atom. The van der Waals surface area contributed by atoms with Crippen molar-refractivity contribution in [1.29, 1.82) is 0 Å². The van der Waals surface area contributed by atoms with Crippen molar-refractivity contribution in [2.75, 3.05) is 0 Å². The topological polar surface area (TPSA) is 12.9 Å². The standard InChI is InChI=1S/C13H14FN/c1-8(2)10-4-5-11-12(6-10)9(3)15-7-13(11)14/h4-8H,1-3H3. The highest BCUT2D eigenvalue weighted by molar-refractivity contribution is 5.85. The molecule has 0 radical (unpaired) electrons. The van der Waals surface area contributed by atoms with E-state index in [1.54, 1.807) is 0 Å². The number of nitrogens with zero attached hydrogens (tertiary/aromatic N) is 1. The SMILES string of the molecule is Cc1ncc(F)c2ccc(C(C)C)cc12. The van der Waals surface area contributed by atoms with E-state index in [-0.39, 0.29) is 5.82 Å². The zero-order chi connectivity index (χ0) is 11.0. The minimum absolute atomic E-state index is 0.245. The summed E-state index contributed by atoms with van der Waals surface area (Å²) in [7, 11) is 0. The fourth-order valence-corrected chi connectivity index (χ4v) is 1.72. The van der Waals surface area contributed by atoms with Crippen molar-refractivity contribution in [3.8, 4) is 0 Å². The smallest absolute Gasteiger partial charge is 0.149 e. The molecule has 0 aliphatic rings. The first-order chi connectivity index (χ1) is 7.09. The van der Waals surface area contributed by atoms with Crippen molar-refractivity contribution in [3.05, 3.63) is 41.5 Å². The minimum atomic E-state index is -0.245. The summed E-state index contributed by atoms with van der Waals surface area (Å²) in [5.41, 5.74) is 2.10. The van der Waals surface area contributed by atoms with Crippen molar-refractivity contribution < 1.29 is 4.39 Å². The molecule has 0 aliphatic heterocycles. The van der Waals surface area contributed by atoms with E-state index in [0.29, 0.717) is 11.3 Å². The Bertz CT molecular complexity index is 503. The van der Waals surface area contributed by atoms with Gasteiger partial charge in [0.2, 0.25) is 0 Å². The molecule has 0 saturated heterocycles. The van der Waals surface area contributed by atoms with E-state index in [1.807, 2.05) is 25.1 Å². The molecule has 0 atom stereocenters. The summed E-state index contributed by atoms with van der Waals surface area (Å²) in [6, 6.07) is 5.86. The number of benzene rings is 1. The molecule has 2 heteroatoms. The van der Waals surface area contributed by atoms with E-state index in [9.17, 15) is 4.39 Å². The lowest BCUT2D eigenvalue weighted by Crippen LogP contribution is -1.92. The molecule has 1 aromatic heterocycles. The van der Waals surface area contributed by atoms with Crippen LogP contribution in [-0.2, 0) is 0 Å². The molecule has 0 fully saturated rings. The van der Waals surface area contributed by atoms with E-state index in [1.165, 1.54) is 11.8 Å². The Morgan fingerprint density at radius 3 is 2.60 bits per heavy atom. The molecule has 15 heavy (non-hydrogen) atoms. The second-order valence-corrected chi connectivity index (χ2v) is 4.15. The first kappa shape index (κ1) is 10.1. The third-order valence-electron chi connectivity index (χ3n) is 2.73. The van der Waals surface area contributed by atoms with Crippen molar-refractivity contribution in [2.24, 2.45) is 0 Å². The van der Waals surface area contributed by atoms with Gasteiger partial charge in [0.25, 0.3) is 0 Å². The highest BCUT2D eigenvalue weighted by Gasteiger charge is 2.06. The fourth-order valence-electron chi connectivity index (χ4n) is 1.72. The Hall–Kier alpha value is -1.44. The van der Waals surface area contributed by atoms with E-state index in [4.69, 9.17) is 0 Å². The van der Waals surface area contributed by atoms with Gasteiger partial charge >= 0.3 is 0 Å². The summed E-state index contributed by atoms with van der Waals surface area (Å²) < 4.78 is 13.4. The van der Waals surface area contributed by atoms with E-state index in [2.05, 4.69) is 18.8 Å². The van der Waals surface area contributed by atoms with Crippen molar-refractivity contribution in [3.63, 3.8) is 0 Å². The molecule has 0 spiro atoms. The first-order valence-corrected chi connectivity index (χ1v) is 5.14. The lowest BCUT2D eigenvalue weighted by Gasteiger charge is -2.08. The van der Waals surface area contributed by atoms with Crippen LogP contribution in [0.3, 0.4) is 0 Å². The molecule has 1 nitrogen and oxygen atoms in total.